The Hall–Kier alpha value is -2.24. The first kappa shape index (κ1) is 18.5. The highest BCUT2D eigenvalue weighted by Crippen LogP contribution is 2.29. The Morgan fingerprint density at radius 3 is 2.23 bits per heavy atom. The summed E-state index contributed by atoms with van der Waals surface area (Å²) in [5.41, 5.74) is 1.05. The molecule has 1 saturated heterocycles. The quantitative estimate of drug-likeness (QED) is 0.780. The van der Waals surface area contributed by atoms with E-state index in [-0.39, 0.29) is 17.7 Å². The number of carbonyl (C=O) groups is 2. The standard InChI is InChI=1S/C20H28N2O4/c1-25-17-8-6-15(14-18(17)26-2)7-9-19(23)21-10-12-22(13-11-21)20(24)16-4-3-5-16/h6,8,14,16H,3-5,7,9-13H2,1-2H3. The molecule has 1 aliphatic heterocycles. The molecule has 142 valence electrons. The van der Waals surface area contributed by atoms with Crippen LogP contribution in [0.5, 0.6) is 11.5 Å². The van der Waals surface area contributed by atoms with Crippen molar-refractivity contribution in [3.8, 4) is 11.5 Å². The normalized spacial score (nSPS) is 17.6. The zero-order valence-corrected chi connectivity index (χ0v) is 15.7. The van der Waals surface area contributed by atoms with Gasteiger partial charge in [-0.2, -0.15) is 0 Å². The molecule has 1 heterocycles. The van der Waals surface area contributed by atoms with Gasteiger partial charge in [-0.15, -0.1) is 0 Å². The van der Waals surface area contributed by atoms with E-state index in [4.69, 9.17) is 9.47 Å². The van der Waals surface area contributed by atoms with Gasteiger partial charge in [0.2, 0.25) is 11.8 Å². The predicted octanol–water partition coefficient (Wildman–Crippen LogP) is 2.11. The average Bonchev–Trinajstić information content (AvgIpc) is 2.64. The average molecular weight is 360 g/mol. The lowest BCUT2D eigenvalue weighted by molar-refractivity contribution is -0.144. The van der Waals surface area contributed by atoms with E-state index in [2.05, 4.69) is 0 Å². The number of hydrogen-bond acceptors (Lipinski definition) is 4. The van der Waals surface area contributed by atoms with Crippen LogP contribution in [0, 0.1) is 5.92 Å². The minimum Gasteiger partial charge on any atom is -0.493 e. The molecule has 26 heavy (non-hydrogen) atoms. The van der Waals surface area contributed by atoms with Crippen LogP contribution in [0.2, 0.25) is 0 Å². The van der Waals surface area contributed by atoms with Crippen molar-refractivity contribution in [3.63, 3.8) is 0 Å². The largest absolute Gasteiger partial charge is 0.493 e. The molecular weight excluding hydrogens is 332 g/mol. The molecule has 6 heteroatoms. The van der Waals surface area contributed by atoms with Gasteiger partial charge in [0.25, 0.3) is 0 Å². The van der Waals surface area contributed by atoms with Gasteiger partial charge >= 0.3 is 0 Å². The van der Waals surface area contributed by atoms with Gasteiger partial charge in [0.15, 0.2) is 11.5 Å². The van der Waals surface area contributed by atoms with Crippen molar-refractivity contribution < 1.29 is 19.1 Å². The van der Waals surface area contributed by atoms with E-state index >= 15 is 0 Å². The fraction of sp³-hybridized carbons (Fsp3) is 0.600. The minimum atomic E-state index is 0.149. The van der Waals surface area contributed by atoms with Crippen LogP contribution in [0.1, 0.15) is 31.2 Å². The monoisotopic (exact) mass is 360 g/mol. The molecule has 6 nitrogen and oxygen atoms in total. The van der Waals surface area contributed by atoms with Gasteiger partial charge in [-0.1, -0.05) is 12.5 Å². The first-order valence-electron chi connectivity index (χ1n) is 9.40. The summed E-state index contributed by atoms with van der Waals surface area (Å²) in [5.74, 6) is 2.04. The Morgan fingerprint density at radius 1 is 1.00 bits per heavy atom. The number of ether oxygens (including phenoxy) is 2. The van der Waals surface area contributed by atoms with E-state index in [1.165, 1.54) is 6.42 Å². The van der Waals surface area contributed by atoms with Crippen molar-refractivity contribution in [1.82, 2.24) is 9.80 Å². The predicted molar refractivity (Wildman–Crippen MR) is 98.4 cm³/mol. The van der Waals surface area contributed by atoms with Gasteiger partial charge < -0.3 is 19.3 Å². The summed E-state index contributed by atoms with van der Waals surface area (Å²) in [4.78, 5) is 28.6. The molecule has 0 bridgehead atoms. The van der Waals surface area contributed by atoms with Gasteiger partial charge in [0.05, 0.1) is 14.2 Å². The van der Waals surface area contributed by atoms with Crippen LogP contribution in [-0.2, 0) is 16.0 Å². The van der Waals surface area contributed by atoms with Gasteiger partial charge in [-0.05, 0) is 37.0 Å². The molecule has 3 rings (SSSR count). The highest BCUT2D eigenvalue weighted by atomic mass is 16.5. The van der Waals surface area contributed by atoms with Crippen molar-refractivity contribution in [1.29, 1.82) is 0 Å². The molecule has 0 radical (unpaired) electrons. The lowest BCUT2D eigenvalue weighted by Gasteiger charge is -2.38. The van der Waals surface area contributed by atoms with Crippen LogP contribution in [0.15, 0.2) is 18.2 Å². The minimum absolute atomic E-state index is 0.149. The number of hydrogen-bond donors (Lipinski definition) is 0. The molecule has 0 aromatic heterocycles. The van der Waals surface area contributed by atoms with Crippen molar-refractivity contribution in [2.45, 2.75) is 32.1 Å². The molecular formula is C20H28N2O4. The zero-order valence-electron chi connectivity index (χ0n) is 15.7. The lowest BCUT2D eigenvalue weighted by Crippen LogP contribution is -2.52. The summed E-state index contributed by atoms with van der Waals surface area (Å²) in [5, 5.41) is 0. The number of benzene rings is 1. The van der Waals surface area contributed by atoms with Gasteiger partial charge in [0.1, 0.15) is 0 Å². The maximum Gasteiger partial charge on any atom is 0.225 e. The van der Waals surface area contributed by atoms with E-state index in [1.807, 2.05) is 28.0 Å². The number of piperazine rings is 1. The molecule has 2 fully saturated rings. The van der Waals surface area contributed by atoms with Crippen molar-refractivity contribution in [3.05, 3.63) is 23.8 Å². The molecule has 0 atom stereocenters. The fourth-order valence-corrected chi connectivity index (χ4v) is 3.54. The Morgan fingerprint density at radius 2 is 1.65 bits per heavy atom. The van der Waals surface area contributed by atoms with Crippen molar-refractivity contribution >= 4 is 11.8 Å². The summed E-state index contributed by atoms with van der Waals surface area (Å²) in [7, 11) is 3.22. The SMILES string of the molecule is COc1ccc(CCC(=O)N2CCN(C(=O)C3CCC3)CC2)cc1OC. The van der Waals surface area contributed by atoms with Gasteiger partial charge in [0, 0.05) is 38.5 Å². The molecule has 0 N–H and O–H groups in total. The summed E-state index contributed by atoms with van der Waals surface area (Å²) in [6.07, 6.45) is 4.37. The number of aryl methyl sites for hydroxylation is 1. The summed E-state index contributed by atoms with van der Waals surface area (Å²) < 4.78 is 10.5. The molecule has 1 saturated carbocycles. The third kappa shape index (κ3) is 4.11. The topological polar surface area (TPSA) is 59.1 Å². The second-order valence-electron chi connectivity index (χ2n) is 7.02. The molecule has 1 aromatic carbocycles. The van der Waals surface area contributed by atoms with Crippen molar-refractivity contribution in [2.75, 3.05) is 40.4 Å². The van der Waals surface area contributed by atoms with Crippen LogP contribution in [0.3, 0.4) is 0 Å². The number of rotatable bonds is 6. The van der Waals surface area contributed by atoms with Crippen LogP contribution in [-0.4, -0.2) is 62.0 Å². The van der Waals surface area contributed by atoms with E-state index in [0.717, 1.165) is 18.4 Å². The van der Waals surface area contributed by atoms with Crippen molar-refractivity contribution in [2.24, 2.45) is 5.92 Å². The van der Waals surface area contributed by atoms with E-state index in [0.29, 0.717) is 50.5 Å². The zero-order chi connectivity index (χ0) is 18.5. The maximum atomic E-state index is 12.5. The van der Waals surface area contributed by atoms with Gasteiger partial charge in [-0.25, -0.2) is 0 Å². The highest BCUT2D eigenvalue weighted by Gasteiger charge is 2.31. The lowest BCUT2D eigenvalue weighted by atomic mass is 9.84. The fourth-order valence-electron chi connectivity index (χ4n) is 3.54. The summed E-state index contributed by atoms with van der Waals surface area (Å²) in [6, 6.07) is 5.74. The van der Waals surface area contributed by atoms with Gasteiger partial charge in [-0.3, -0.25) is 9.59 Å². The molecule has 2 amide bonds. The third-order valence-electron chi connectivity index (χ3n) is 5.47. The molecule has 1 aliphatic carbocycles. The Bertz CT molecular complexity index is 649. The summed E-state index contributed by atoms with van der Waals surface area (Å²) in [6.45, 7) is 2.61. The molecule has 0 unspecified atom stereocenters. The van der Waals surface area contributed by atoms with Crippen LogP contribution in [0.4, 0.5) is 0 Å². The second kappa shape index (κ2) is 8.43. The van der Waals surface area contributed by atoms with E-state index < -0.39 is 0 Å². The Kier molecular flexibility index (Phi) is 6.01. The first-order chi connectivity index (χ1) is 12.6. The Balaban J connectivity index is 1.46. The first-order valence-corrected chi connectivity index (χ1v) is 9.40. The van der Waals surface area contributed by atoms with E-state index in [1.54, 1.807) is 14.2 Å². The summed E-state index contributed by atoms with van der Waals surface area (Å²) >= 11 is 0. The van der Waals surface area contributed by atoms with Crippen LogP contribution < -0.4 is 9.47 Å². The third-order valence-corrected chi connectivity index (χ3v) is 5.47. The Labute approximate surface area is 155 Å². The molecule has 1 aromatic rings. The second-order valence-corrected chi connectivity index (χ2v) is 7.02. The number of amides is 2. The molecule has 2 aliphatic rings. The number of nitrogens with zero attached hydrogens (tertiary/aromatic N) is 2. The number of carbonyl (C=O) groups excluding carboxylic acids is 2. The smallest absolute Gasteiger partial charge is 0.225 e. The van der Waals surface area contributed by atoms with E-state index in [9.17, 15) is 9.59 Å². The van der Waals surface area contributed by atoms with Crippen LogP contribution >= 0.6 is 0 Å². The number of methoxy groups -OCH3 is 2. The maximum absolute atomic E-state index is 12.5. The highest BCUT2D eigenvalue weighted by molar-refractivity contribution is 5.80. The molecule has 0 spiro atoms. The van der Waals surface area contributed by atoms with Crippen LogP contribution in [0.25, 0.3) is 0 Å².